The minimum Gasteiger partial charge on any atom is -0.454 e. The number of rotatable bonds is 7. The Morgan fingerprint density at radius 3 is 2.75 bits per heavy atom. The molecule has 1 N–H and O–H groups in total. The Hall–Kier alpha value is -2.61. The minimum absolute atomic E-state index is 0.316. The molecule has 1 aromatic heterocycles. The van der Waals surface area contributed by atoms with Gasteiger partial charge in [-0.1, -0.05) is 19.9 Å². The Balaban J connectivity index is 1.29. The van der Waals surface area contributed by atoms with E-state index in [2.05, 4.69) is 56.3 Å². The van der Waals surface area contributed by atoms with Gasteiger partial charge in [0.25, 0.3) is 0 Å². The van der Waals surface area contributed by atoms with E-state index in [1.165, 1.54) is 5.56 Å². The van der Waals surface area contributed by atoms with Crippen LogP contribution in [0, 0.1) is 5.92 Å². The number of fused-ring (bicyclic) bond motifs is 1. The average molecular weight is 384 g/mol. The van der Waals surface area contributed by atoms with Gasteiger partial charge in [0.05, 0.1) is 6.20 Å². The molecule has 0 atom stereocenters. The molecule has 8 heteroatoms. The standard InChI is InChI=1S/C20H28N6O2/c1-15(2)5-6-21-19-12-22-24-20(23-19)26-9-7-25(8-10-26)13-16-3-4-17-18(11-16)28-14-27-17/h3-4,11-12,15H,5-10,13-14H2,1-2H3,(H,21,23,24). The van der Waals surface area contributed by atoms with Crippen LogP contribution in [0.1, 0.15) is 25.8 Å². The third-order valence-corrected chi connectivity index (χ3v) is 5.07. The van der Waals surface area contributed by atoms with Crippen LogP contribution in [0.2, 0.25) is 0 Å². The molecule has 28 heavy (non-hydrogen) atoms. The van der Waals surface area contributed by atoms with Gasteiger partial charge in [-0.05, 0) is 30.0 Å². The number of aromatic nitrogens is 3. The fraction of sp³-hybridized carbons (Fsp3) is 0.550. The molecule has 0 spiro atoms. The molecule has 4 rings (SSSR count). The number of hydrogen-bond donors (Lipinski definition) is 1. The summed E-state index contributed by atoms with van der Waals surface area (Å²) in [7, 11) is 0. The van der Waals surface area contributed by atoms with Crippen LogP contribution in [0.5, 0.6) is 11.5 Å². The van der Waals surface area contributed by atoms with Crippen molar-refractivity contribution in [2.24, 2.45) is 5.92 Å². The SMILES string of the molecule is CC(C)CCNc1cnnc(N2CCN(Cc3ccc4c(c3)OCO4)CC2)n1. The van der Waals surface area contributed by atoms with Gasteiger partial charge in [0, 0.05) is 39.3 Å². The van der Waals surface area contributed by atoms with Crippen molar-refractivity contribution >= 4 is 11.8 Å². The van der Waals surface area contributed by atoms with Crippen molar-refractivity contribution in [1.82, 2.24) is 20.1 Å². The van der Waals surface area contributed by atoms with Gasteiger partial charge in [-0.2, -0.15) is 10.1 Å². The first kappa shape index (κ1) is 18.7. The normalized spacial score (nSPS) is 16.6. The molecular weight excluding hydrogens is 356 g/mol. The Morgan fingerprint density at radius 2 is 1.93 bits per heavy atom. The number of ether oxygens (including phenoxy) is 2. The Kier molecular flexibility index (Phi) is 5.76. The largest absolute Gasteiger partial charge is 0.454 e. The molecule has 1 saturated heterocycles. The van der Waals surface area contributed by atoms with E-state index in [4.69, 9.17) is 9.47 Å². The van der Waals surface area contributed by atoms with Gasteiger partial charge in [0.15, 0.2) is 17.3 Å². The van der Waals surface area contributed by atoms with Crippen molar-refractivity contribution in [3.63, 3.8) is 0 Å². The molecule has 8 nitrogen and oxygen atoms in total. The molecule has 0 radical (unpaired) electrons. The first-order valence-electron chi connectivity index (χ1n) is 9.97. The lowest BCUT2D eigenvalue weighted by atomic mass is 10.1. The maximum Gasteiger partial charge on any atom is 0.247 e. The molecule has 1 fully saturated rings. The quantitative estimate of drug-likeness (QED) is 0.780. The van der Waals surface area contributed by atoms with Gasteiger partial charge in [0.2, 0.25) is 12.7 Å². The van der Waals surface area contributed by atoms with Gasteiger partial charge in [-0.3, -0.25) is 4.90 Å². The summed E-state index contributed by atoms with van der Waals surface area (Å²) in [6, 6.07) is 6.18. The van der Waals surface area contributed by atoms with Gasteiger partial charge in [0.1, 0.15) is 0 Å². The monoisotopic (exact) mass is 384 g/mol. The molecule has 0 bridgehead atoms. The summed E-state index contributed by atoms with van der Waals surface area (Å²) in [6.45, 7) is 10.3. The van der Waals surface area contributed by atoms with Crippen LogP contribution in [0.25, 0.3) is 0 Å². The predicted molar refractivity (Wildman–Crippen MR) is 108 cm³/mol. The van der Waals surface area contributed by atoms with Crippen molar-refractivity contribution in [1.29, 1.82) is 0 Å². The molecule has 0 saturated carbocycles. The van der Waals surface area contributed by atoms with Gasteiger partial charge in [-0.25, -0.2) is 0 Å². The predicted octanol–water partition coefficient (Wildman–Crippen LogP) is 2.38. The van der Waals surface area contributed by atoms with Crippen molar-refractivity contribution < 1.29 is 9.47 Å². The van der Waals surface area contributed by atoms with Crippen molar-refractivity contribution in [3.8, 4) is 11.5 Å². The van der Waals surface area contributed by atoms with Crippen LogP contribution in [0.3, 0.4) is 0 Å². The molecule has 1 aromatic carbocycles. The van der Waals surface area contributed by atoms with Crippen LogP contribution in [-0.2, 0) is 6.54 Å². The van der Waals surface area contributed by atoms with E-state index in [0.717, 1.165) is 63.0 Å². The lowest BCUT2D eigenvalue weighted by molar-refractivity contribution is 0.174. The second-order valence-corrected chi connectivity index (χ2v) is 7.70. The second-order valence-electron chi connectivity index (χ2n) is 7.70. The smallest absolute Gasteiger partial charge is 0.247 e. The maximum absolute atomic E-state index is 5.48. The fourth-order valence-electron chi connectivity index (χ4n) is 3.41. The van der Waals surface area contributed by atoms with Crippen LogP contribution in [0.15, 0.2) is 24.4 Å². The summed E-state index contributed by atoms with van der Waals surface area (Å²) in [5.41, 5.74) is 1.24. The molecule has 2 aliphatic heterocycles. The molecule has 150 valence electrons. The van der Waals surface area contributed by atoms with Gasteiger partial charge in [-0.15, -0.1) is 5.10 Å². The summed E-state index contributed by atoms with van der Waals surface area (Å²) in [5.74, 6) is 3.85. The number of anilines is 2. The van der Waals surface area contributed by atoms with Crippen molar-refractivity contribution in [3.05, 3.63) is 30.0 Å². The second kappa shape index (κ2) is 8.60. The molecule has 3 heterocycles. The van der Waals surface area contributed by atoms with Crippen LogP contribution >= 0.6 is 0 Å². The lowest BCUT2D eigenvalue weighted by Crippen LogP contribution is -2.46. The van der Waals surface area contributed by atoms with E-state index in [9.17, 15) is 0 Å². The summed E-state index contributed by atoms with van der Waals surface area (Å²) in [6.07, 6.45) is 2.80. The van der Waals surface area contributed by atoms with Crippen molar-refractivity contribution in [2.75, 3.05) is 49.7 Å². The minimum atomic E-state index is 0.316. The Morgan fingerprint density at radius 1 is 1.11 bits per heavy atom. The van der Waals surface area contributed by atoms with Gasteiger partial charge >= 0.3 is 0 Å². The maximum atomic E-state index is 5.48. The van der Waals surface area contributed by atoms with Crippen LogP contribution in [0.4, 0.5) is 11.8 Å². The first-order chi connectivity index (χ1) is 13.7. The van der Waals surface area contributed by atoms with E-state index < -0.39 is 0 Å². The average Bonchev–Trinajstić information content (AvgIpc) is 3.16. The number of nitrogens with zero attached hydrogens (tertiary/aromatic N) is 5. The molecule has 0 aliphatic carbocycles. The third kappa shape index (κ3) is 4.62. The Labute approximate surface area is 165 Å². The van der Waals surface area contributed by atoms with Crippen LogP contribution < -0.4 is 19.7 Å². The number of benzene rings is 1. The molecule has 0 amide bonds. The number of nitrogens with one attached hydrogen (secondary N) is 1. The highest BCUT2D eigenvalue weighted by Crippen LogP contribution is 2.32. The highest BCUT2D eigenvalue weighted by molar-refractivity contribution is 5.44. The van der Waals surface area contributed by atoms with E-state index in [-0.39, 0.29) is 0 Å². The number of hydrogen-bond acceptors (Lipinski definition) is 8. The lowest BCUT2D eigenvalue weighted by Gasteiger charge is -2.34. The molecule has 0 unspecified atom stereocenters. The summed E-state index contributed by atoms with van der Waals surface area (Å²) in [5, 5.41) is 11.7. The summed E-state index contributed by atoms with van der Waals surface area (Å²) < 4.78 is 10.9. The highest BCUT2D eigenvalue weighted by atomic mass is 16.7. The molecular formula is C20H28N6O2. The summed E-state index contributed by atoms with van der Waals surface area (Å²) in [4.78, 5) is 9.28. The Bertz CT molecular complexity index is 792. The zero-order chi connectivity index (χ0) is 19.3. The van der Waals surface area contributed by atoms with E-state index in [1.54, 1.807) is 6.20 Å². The summed E-state index contributed by atoms with van der Waals surface area (Å²) >= 11 is 0. The third-order valence-electron chi connectivity index (χ3n) is 5.07. The van der Waals surface area contributed by atoms with E-state index in [1.807, 2.05) is 6.07 Å². The highest BCUT2D eigenvalue weighted by Gasteiger charge is 2.21. The fourth-order valence-corrected chi connectivity index (χ4v) is 3.41. The topological polar surface area (TPSA) is 75.6 Å². The van der Waals surface area contributed by atoms with E-state index in [0.29, 0.717) is 18.7 Å². The van der Waals surface area contributed by atoms with Crippen LogP contribution in [-0.4, -0.2) is 59.6 Å². The molecule has 2 aliphatic rings. The zero-order valence-corrected chi connectivity index (χ0v) is 16.6. The van der Waals surface area contributed by atoms with E-state index >= 15 is 0 Å². The zero-order valence-electron chi connectivity index (χ0n) is 16.6. The van der Waals surface area contributed by atoms with Crippen molar-refractivity contribution in [2.45, 2.75) is 26.8 Å². The molecule has 2 aromatic rings. The number of piperazine rings is 1. The van der Waals surface area contributed by atoms with Gasteiger partial charge < -0.3 is 19.7 Å². The first-order valence-corrected chi connectivity index (χ1v) is 9.97.